The predicted molar refractivity (Wildman–Crippen MR) is 86.3 cm³/mol. The molecule has 3 N–H and O–H groups in total. The summed E-state index contributed by atoms with van der Waals surface area (Å²) in [6.07, 6.45) is 2.93. The van der Waals surface area contributed by atoms with Crippen molar-refractivity contribution in [2.45, 2.75) is 26.2 Å². The van der Waals surface area contributed by atoms with E-state index in [2.05, 4.69) is 12.2 Å². The SMILES string of the molecule is CC1CCc2sc(NC(=O)c3cccs3)c(C(N)=O)c2C1. The molecule has 0 saturated carbocycles. The van der Waals surface area contributed by atoms with Crippen LogP contribution in [0.5, 0.6) is 0 Å². The van der Waals surface area contributed by atoms with E-state index in [1.807, 2.05) is 11.4 Å². The Morgan fingerprint density at radius 1 is 1.43 bits per heavy atom. The molecule has 0 bridgehead atoms. The van der Waals surface area contributed by atoms with Gasteiger partial charge in [0.15, 0.2) is 0 Å². The molecule has 0 aromatic carbocycles. The molecule has 0 aliphatic heterocycles. The smallest absolute Gasteiger partial charge is 0.266 e. The molecule has 2 aromatic heterocycles. The van der Waals surface area contributed by atoms with Crippen molar-refractivity contribution < 1.29 is 9.59 Å². The number of carbonyl (C=O) groups is 2. The third kappa shape index (κ3) is 2.73. The zero-order valence-electron chi connectivity index (χ0n) is 11.6. The summed E-state index contributed by atoms with van der Waals surface area (Å²) in [7, 11) is 0. The van der Waals surface area contributed by atoms with Crippen LogP contribution in [0.25, 0.3) is 0 Å². The highest BCUT2D eigenvalue weighted by Crippen LogP contribution is 2.39. The van der Waals surface area contributed by atoms with Crippen LogP contribution in [-0.4, -0.2) is 11.8 Å². The van der Waals surface area contributed by atoms with Crippen molar-refractivity contribution in [3.63, 3.8) is 0 Å². The van der Waals surface area contributed by atoms with Crippen LogP contribution >= 0.6 is 22.7 Å². The number of amides is 2. The van der Waals surface area contributed by atoms with Gasteiger partial charge in [0.25, 0.3) is 11.8 Å². The van der Waals surface area contributed by atoms with Crippen molar-refractivity contribution in [2.24, 2.45) is 11.7 Å². The van der Waals surface area contributed by atoms with Gasteiger partial charge in [0.05, 0.1) is 10.4 Å². The van der Waals surface area contributed by atoms with Crippen molar-refractivity contribution in [1.29, 1.82) is 0 Å². The Hall–Kier alpha value is -1.66. The highest BCUT2D eigenvalue weighted by Gasteiger charge is 2.27. The molecule has 2 heterocycles. The molecule has 3 rings (SSSR count). The number of anilines is 1. The van der Waals surface area contributed by atoms with Gasteiger partial charge in [0, 0.05) is 4.88 Å². The predicted octanol–water partition coefficient (Wildman–Crippen LogP) is 3.29. The summed E-state index contributed by atoms with van der Waals surface area (Å²) in [5, 5.41) is 5.30. The molecule has 1 atom stereocenters. The summed E-state index contributed by atoms with van der Waals surface area (Å²) in [6, 6.07) is 3.59. The van der Waals surface area contributed by atoms with Crippen LogP contribution < -0.4 is 11.1 Å². The second-order valence-corrected chi connectivity index (χ2v) is 7.40. The normalized spacial score (nSPS) is 17.3. The van der Waals surface area contributed by atoms with E-state index in [0.717, 1.165) is 24.8 Å². The number of nitrogens with two attached hydrogens (primary N) is 1. The number of hydrogen-bond acceptors (Lipinski definition) is 4. The second kappa shape index (κ2) is 5.61. The van der Waals surface area contributed by atoms with Gasteiger partial charge in [-0.1, -0.05) is 13.0 Å². The van der Waals surface area contributed by atoms with Crippen molar-refractivity contribution in [1.82, 2.24) is 0 Å². The standard InChI is InChI=1S/C15H16N2O2S2/c1-8-4-5-10-9(7-8)12(13(16)18)15(21-10)17-14(19)11-3-2-6-20-11/h2-3,6,8H,4-5,7H2,1H3,(H2,16,18)(H,17,19). The summed E-state index contributed by atoms with van der Waals surface area (Å²) < 4.78 is 0. The molecular weight excluding hydrogens is 304 g/mol. The van der Waals surface area contributed by atoms with Crippen LogP contribution in [0, 0.1) is 5.92 Å². The molecule has 0 radical (unpaired) electrons. The van der Waals surface area contributed by atoms with Crippen LogP contribution in [0.1, 0.15) is 43.8 Å². The minimum absolute atomic E-state index is 0.181. The van der Waals surface area contributed by atoms with E-state index in [9.17, 15) is 9.59 Å². The Kier molecular flexibility index (Phi) is 3.82. The zero-order valence-corrected chi connectivity index (χ0v) is 13.3. The third-order valence-electron chi connectivity index (χ3n) is 3.73. The Labute approximate surface area is 131 Å². The average molecular weight is 320 g/mol. The lowest BCUT2D eigenvalue weighted by Gasteiger charge is -2.18. The molecule has 1 unspecified atom stereocenters. The number of thiophene rings is 2. The average Bonchev–Trinajstić information content (AvgIpc) is 3.04. The minimum Gasteiger partial charge on any atom is -0.365 e. The minimum atomic E-state index is -0.455. The van der Waals surface area contributed by atoms with Gasteiger partial charge in [0.1, 0.15) is 5.00 Å². The van der Waals surface area contributed by atoms with E-state index < -0.39 is 5.91 Å². The molecule has 2 aromatic rings. The lowest BCUT2D eigenvalue weighted by Crippen LogP contribution is -2.19. The van der Waals surface area contributed by atoms with Crippen LogP contribution in [0.4, 0.5) is 5.00 Å². The van der Waals surface area contributed by atoms with E-state index in [1.165, 1.54) is 27.6 Å². The monoisotopic (exact) mass is 320 g/mol. The van der Waals surface area contributed by atoms with E-state index in [0.29, 0.717) is 21.4 Å². The van der Waals surface area contributed by atoms with Crippen molar-refractivity contribution in [3.8, 4) is 0 Å². The third-order valence-corrected chi connectivity index (χ3v) is 5.80. The molecule has 0 spiro atoms. The maximum absolute atomic E-state index is 12.2. The highest BCUT2D eigenvalue weighted by molar-refractivity contribution is 7.17. The van der Waals surface area contributed by atoms with Gasteiger partial charge < -0.3 is 11.1 Å². The first-order valence-electron chi connectivity index (χ1n) is 6.85. The van der Waals surface area contributed by atoms with Gasteiger partial charge in [-0.05, 0) is 42.2 Å². The van der Waals surface area contributed by atoms with Crippen LogP contribution in [0.2, 0.25) is 0 Å². The Morgan fingerprint density at radius 3 is 2.90 bits per heavy atom. The quantitative estimate of drug-likeness (QED) is 0.911. The molecular formula is C15H16N2O2S2. The van der Waals surface area contributed by atoms with Gasteiger partial charge in [-0.25, -0.2) is 0 Å². The number of hydrogen-bond donors (Lipinski definition) is 2. The first kappa shape index (κ1) is 14.3. The van der Waals surface area contributed by atoms with Crippen molar-refractivity contribution in [2.75, 3.05) is 5.32 Å². The molecule has 2 amide bonds. The summed E-state index contributed by atoms with van der Waals surface area (Å²) in [5.41, 5.74) is 7.08. The Balaban J connectivity index is 1.95. The fraction of sp³-hybridized carbons (Fsp3) is 0.333. The largest absolute Gasteiger partial charge is 0.365 e. The summed E-state index contributed by atoms with van der Waals surface area (Å²) in [5.74, 6) is -0.0896. The Bertz CT molecular complexity index is 689. The topological polar surface area (TPSA) is 72.2 Å². The number of primary amides is 1. The van der Waals surface area contributed by atoms with Gasteiger partial charge >= 0.3 is 0 Å². The number of carbonyl (C=O) groups excluding carboxylic acids is 2. The zero-order chi connectivity index (χ0) is 15.0. The van der Waals surface area contributed by atoms with E-state index in [4.69, 9.17) is 5.73 Å². The van der Waals surface area contributed by atoms with E-state index in [-0.39, 0.29) is 5.91 Å². The molecule has 6 heteroatoms. The number of rotatable bonds is 3. The van der Waals surface area contributed by atoms with Crippen LogP contribution in [0.3, 0.4) is 0 Å². The summed E-state index contributed by atoms with van der Waals surface area (Å²) in [6.45, 7) is 2.18. The molecule has 4 nitrogen and oxygen atoms in total. The van der Waals surface area contributed by atoms with Crippen molar-refractivity contribution >= 4 is 39.5 Å². The summed E-state index contributed by atoms with van der Waals surface area (Å²) in [4.78, 5) is 25.8. The molecule has 1 aliphatic carbocycles. The fourth-order valence-corrected chi connectivity index (χ4v) is 4.54. The first-order chi connectivity index (χ1) is 10.1. The van der Waals surface area contributed by atoms with E-state index >= 15 is 0 Å². The summed E-state index contributed by atoms with van der Waals surface area (Å²) >= 11 is 2.87. The Morgan fingerprint density at radius 2 is 2.24 bits per heavy atom. The van der Waals surface area contributed by atoms with Gasteiger partial charge in [-0.15, -0.1) is 22.7 Å². The van der Waals surface area contributed by atoms with E-state index in [1.54, 1.807) is 6.07 Å². The highest BCUT2D eigenvalue weighted by atomic mass is 32.1. The van der Waals surface area contributed by atoms with Crippen LogP contribution in [0.15, 0.2) is 17.5 Å². The van der Waals surface area contributed by atoms with Gasteiger partial charge in [-0.2, -0.15) is 0 Å². The fourth-order valence-electron chi connectivity index (χ4n) is 2.68. The molecule has 110 valence electrons. The molecule has 0 saturated heterocycles. The molecule has 1 aliphatic rings. The van der Waals surface area contributed by atoms with Crippen molar-refractivity contribution in [3.05, 3.63) is 38.4 Å². The van der Waals surface area contributed by atoms with Gasteiger partial charge in [-0.3, -0.25) is 9.59 Å². The second-order valence-electron chi connectivity index (χ2n) is 5.35. The lowest BCUT2D eigenvalue weighted by molar-refractivity contribution is 0.1000. The van der Waals surface area contributed by atoms with Gasteiger partial charge in [0.2, 0.25) is 0 Å². The molecule has 21 heavy (non-hydrogen) atoms. The molecule has 0 fully saturated rings. The lowest BCUT2D eigenvalue weighted by atomic mass is 9.87. The maximum Gasteiger partial charge on any atom is 0.266 e. The first-order valence-corrected chi connectivity index (χ1v) is 8.55. The van der Waals surface area contributed by atoms with Crippen LogP contribution in [-0.2, 0) is 12.8 Å². The number of aryl methyl sites for hydroxylation is 1. The number of fused-ring (bicyclic) bond motifs is 1. The number of nitrogens with one attached hydrogen (secondary N) is 1. The maximum atomic E-state index is 12.2.